The zero-order valence-electron chi connectivity index (χ0n) is 6.87. The Labute approximate surface area is 66.2 Å². The molecule has 4 nitrogen and oxygen atoms in total. The first-order valence-corrected chi connectivity index (χ1v) is 3.74. The lowest BCUT2D eigenvalue weighted by molar-refractivity contribution is -0.139. The Hall–Kier alpha value is -0.610. The van der Waals surface area contributed by atoms with Crippen LogP contribution in [-0.2, 0) is 4.79 Å². The second-order valence-corrected chi connectivity index (χ2v) is 3.15. The van der Waals surface area contributed by atoms with Crippen LogP contribution in [0.3, 0.4) is 0 Å². The van der Waals surface area contributed by atoms with Gasteiger partial charge in [-0.1, -0.05) is 0 Å². The van der Waals surface area contributed by atoms with E-state index in [2.05, 4.69) is 10.2 Å². The van der Waals surface area contributed by atoms with Crippen molar-refractivity contribution in [3.05, 3.63) is 0 Å². The third-order valence-electron chi connectivity index (χ3n) is 2.14. The van der Waals surface area contributed by atoms with Gasteiger partial charge in [0.05, 0.1) is 0 Å². The molecule has 1 aliphatic heterocycles. The Morgan fingerprint density at radius 3 is 2.55 bits per heavy atom. The average molecular weight is 158 g/mol. The van der Waals surface area contributed by atoms with Crippen molar-refractivity contribution in [1.82, 2.24) is 10.2 Å². The average Bonchev–Trinajstić information content (AvgIpc) is 2.33. The van der Waals surface area contributed by atoms with E-state index in [1.54, 1.807) is 0 Å². The summed E-state index contributed by atoms with van der Waals surface area (Å²) in [6, 6.07) is 0.0264. The van der Waals surface area contributed by atoms with E-state index in [9.17, 15) is 4.79 Å². The van der Waals surface area contributed by atoms with Crippen LogP contribution in [-0.4, -0.2) is 48.7 Å². The van der Waals surface area contributed by atoms with E-state index in [0.29, 0.717) is 12.5 Å². The number of rotatable bonds is 2. The van der Waals surface area contributed by atoms with Gasteiger partial charge < -0.3 is 15.3 Å². The van der Waals surface area contributed by atoms with Gasteiger partial charge in [0, 0.05) is 12.6 Å². The number of likely N-dealkylation sites (N-methyl/N-ethyl adjacent to an activating group) is 1. The van der Waals surface area contributed by atoms with Crippen LogP contribution >= 0.6 is 0 Å². The van der Waals surface area contributed by atoms with Crippen LogP contribution in [0.15, 0.2) is 0 Å². The van der Waals surface area contributed by atoms with E-state index in [1.165, 1.54) is 0 Å². The molecule has 0 aromatic rings. The van der Waals surface area contributed by atoms with Gasteiger partial charge in [0.15, 0.2) is 0 Å². The number of carboxylic acid groups (broad SMARTS) is 1. The van der Waals surface area contributed by atoms with Crippen LogP contribution in [0.4, 0.5) is 0 Å². The summed E-state index contributed by atoms with van der Waals surface area (Å²) in [5.74, 6) is -0.741. The third-order valence-corrected chi connectivity index (χ3v) is 2.14. The Balaban J connectivity index is 2.41. The Morgan fingerprint density at radius 2 is 2.27 bits per heavy atom. The van der Waals surface area contributed by atoms with Crippen molar-refractivity contribution in [3.63, 3.8) is 0 Å². The first-order valence-electron chi connectivity index (χ1n) is 3.74. The predicted octanol–water partition coefficient (Wildman–Crippen LogP) is -0.637. The van der Waals surface area contributed by atoms with Gasteiger partial charge in [-0.25, -0.2) is 0 Å². The van der Waals surface area contributed by atoms with E-state index >= 15 is 0 Å². The van der Waals surface area contributed by atoms with Gasteiger partial charge in [-0.15, -0.1) is 0 Å². The topological polar surface area (TPSA) is 52.6 Å². The molecule has 2 atom stereocenters. The van der Waals surface area contributed by atoms with Crippen molar-refractivity contribution < 1.29 is 9.90 Å². The fraction of sp³-hybridized carbons (Fsp3) is 0.857. The Bertz CT molecular complexity index is 159. The number of nitrogens with zero attached hydrogens (tertiary/aromatic N) is 1. The summed E-state index contributed by atoms with van der Waals surface area (Å²) >= 11 is 0. The minimum Gasteiger partial charge on any atom is -0.480 e. The highest BCUT2D eigenvalue weighted by Crippen LogP contribution is 2.10. The molecule has 2 N–H and O–H groups in total. The van der Waals surface area contributed by atoms with Crippen LogP contribution in [0.2, 0.25) is 0 Å². The second-order valence-electron chi connectivity index (χ2n) is 3.15. The van der Waals surface area contributed by atoms with E-state index < -0.39 is 5.97 Å². The maximum Gasteiger partial charge on any atom is 0.320 e. The lowest BCUT2D eigenvalue weighted by Crippen LogP contribution is -2.30. The number of carbonyl (C=O) groups is 1. The molecule has 0 aromatic carbocycles. The molecular formula is C7H14N2O2. The van der Waals surface area contributed by atoms with Gasteiger partial charge in [-0.3, -0.25) is 4.79 Å². The molecule has 64 valence electrons. The zero-order chi connectivity index (χ0) is 8.43. The van der Waals surface area contributed by atoms with Gasteiger partial charge in [0.2, 0.25) is 0 Å². The number of aliphatic carboxylic acids is 1. The molecule has 0 amide bonds. The highest BCUT2D eigenvalue weighted by Gasteiger charge is 2.29. The number of carboxylic acids is 1. The number of nitrogens with one attached hydrogen (secondary N) is 1. The smallest absolute Gasteiger partial charge is 0.320 e. The summed E-state index contributed by atoms with van der Waals surface area (Å²) in [5, 5.41) is 11.6. The van der Waals surface area contributed by atoms with Gasteiger partial charge in [0.1, 0.15) is 6.04 Å². The van der Waals surface area contributed by atoms with Gasteiger partial charge in [-0.2, -0.15) is 0 Å². The van der Waals surface area contributed by atoms with Crippen molar-refractivity contribution in [2.75, 3.05) is 20.6 Å². The quantitative estimate of drug-likeness (QED) is 0.561. The van der Waals surface area contributed by atoms with Crippen LogP contribution in [0, 0.1) is 0 Å². The Morgan fingerprint density at radius 1 is 1.64 bits per heavy atom. The van der Waals surface area contributed by atoms with Crippen LogP contribution in [0.25, 0.3) is 0 Å². The molecular weight excluding hydrogens is 144 g/mol. The number of hydrogen-bond donors (Lipinski definition) is 2. The van der Waals surface area contributed by atoms with Gasteiger partial charge >= 0.3 is 5.97 Å². The summed E-state index contributed by atoms with van der Waals surface area (Å²) in [6.07, 6.45) is 0.711. The molecule has 1 rings (SSSR count). The minimum atomic E-state index is -0.741. The lowest BCUT2D eigenvalue weighted by atomic mass is 10.1. The standard InChI is InChI=1S/C7H14N2O2/c1-9(2)5-3-6(7(10)11)8-4-5/h5-6,8H,3-4H2,1-2H3,(H,10,11)/t5-,6-/m0/s1. The molecule has 4 heteroatoms. The van der Waals surface area contributed by atoms with Gasteiger partial charge in [-0.05, 0) is 20.5 Å². The molecule has 0 aromatic heterocycles. The maximum atomic E-state index is 10.5. The summed E-state index contributed by atoms with van der Waals surface area (Å²) in [5.41, 5.74) is 0. The molecule has 0 saturated carbocycles. The van der Waals surface area contributed by atoms with Crippen LogP contribution < -0.4 is 5.32 Å². The maximum absolute atomic E-state index is 10.5. The Kier molecular flexibility index (Phi) is 2.46. The summed E-state index contributed by atoms with van der Waals surface area (Å²) in [6.45, 7) is 0.782. The molecule has 0 bridgehead atoms. The first-order chi connectivity index (χ1) is 5.11. The highest BCUT2D eigenvalue weighted by molar-refractivity contribution is 5.73. The summed E-state index contributed by atoms with van der Waals surface area (Å²) in [4.78, 5) is 12.5. The first kappa shape index (κ1) is 8.49. The van der Waals surface area contributed by atoms with Crippen LogP contribution in [0.5, 0.6) is 0 Å². The molecule has 0 unspecified atom stereocenters. The summed E-state index contributed by atoms with van der Waals surface area (Å²) < 4.78 is 0. The molecule has 0 spiro atoms. The van der Waals surface area contributed by atoms with Crippen LogP contribution in [0.1, 0.15) is 6.42 Å². The lowest BCUT2D eigenvalue weighted by Gasteiger charge is -2.16. The second kappa shape index (κ2) is 3.19. The largest absolute Gasteiger partial charge is 0.480 e. The summed E-state index contributed by atoms with van der Waals surface area (Å²) in [7, 11) is 3.94. The minimum absolute atomic E-state index is 0.345. The molecule has 1 heterocycles. The van der Waals surface area contributed by atoms with Crippen molar-refractivity contribution in [2.24, 2.45) is 0 Å². The zero-order valence-corrected chi connectivity index (χ0v) is 6.87. The van der Waals surface area contributed by atoms with E-state index in [1.807, 2.05) is 14.1 Å². The van der Waals surface area contributed by atoms with Crippen molar-refractivity contribution in [1.29, 1.82) is 0 Å². The number of hydrogen-bond acceptors (Lipinski definition) is 3. The van der Waals surface area contributed by atoms with Crippen molar-refractivity contribution in [2.45, 2.75) is 18.5 Å². The molecule has 11 heavy (non-hydrogen) atoms. The predicted molar refractivity (Wildman–Crippen MR) is 41.5 cm³/mol. The van der Waals surface area contributed by atoms with Gasteiger partial charge in [0.25, 0.3) is 0 Å². The molecule has 1 aliphatic rings. The van der Waals surface area contributed by atoms with E-state index in [4.69, 9.17) is 5.11 Å². The molecule has 1 fully saturated rings. The molecule has 0 aliphatic carbocycles. The van der Waals surface area contributed by atoms with Crippen molar-refractivity contribution >= 4 is 5.97 Å². The van der Waals surface area contributed by atoms with Crippen molar-refractivity contribution in [3.8, 4) is 0 Å². The fourth-order valence-corrected chi connectivity index (χ4v) is 1.30. The van der Waals surface area contributed by atoms with E-state index in [0.717, 1.165) is 6.54 Å². The highest BCUT2D eigenvalue weighted by atomic mass is 16.4. The molecule has 0 radical (unpaired) electrons. The monoisotopic (exact) mass is 158 g/mol. The normalized spacial score (nSPS) is 31.2. The SMILES string of the molecule is CN(C)[C@@H]1CN[C@H](C(=O)O)C1. The van der Waals surface area contributed by atoms with E-state index in [-0.39, 0.29) is 6.04 Å². The third kappa shape index (κ3) is 1.91. The molecule has 1 saturated heterocycles. The fourth-order valence-electron chi connectivity index (χ4n) is 1.30.